The molecular formula is C22H28ClN5O2S. The van der Waals surface area contributed by atoms with Gasteiger partial charge in [-0.1, -0.05) is 36.0 Å². The lowest BCUT2D eigenvalue weighted by Crippen LogP contribution is -2.65. The van der Waals surface area contributed by atoms with E-state index in [0.717, 1.165) is 11.1 Å². The van der Waals surface area contributed by atoms with Crippen molar-refractivity contribution in [2.45, 2.75) is 31.8 Å². The van der Waals surface area contributed by atoms with Crippen LogP contribution in [0.15, 0.2) is 35.5 Å². The lowest BCUT2D eigenvalue weighted by molar-refractivity contribution is -0.143. The number of likely N-dealkylation sites (N-methyl/N-ethyl adjacent to an activating group) is 1. The number of amides is 2. The molecule has 0 saturated carbocycles. The van der Waals surface area contributed by atoms with Crippen molar-refractivity contribution in [2.24, 2.45) is 4.99 Å². The smallest absolute Gasteiger partial charge is 0.289 e. The lowest BCUT2D eigenvalue weighted by atomic mass is 9.97. The molecule has 2 amide bonds. The van der Waals surface area contributed by atoms with E-state index in [-0.39, 0.29) is 11.8 Å². The Morgan fingerprint density at radius 1 is 1.35 bits per heavy atom. The Balaban J connectivity index is 1.70. The monoisotopic (exact) mass is 461 g/mol. The summed E-state index contributed by atoms with van der Waals surface area (Å²) in [6.07, 6.45) is 2.54. The van der Waals surface area contributed by atoms with Crippen LogP contribution < -0.4 is 10.6 Å². The highest BCUT2D eigenvalue weighted by Gasteiger charge is 2.40. The maximum Gasteiger partial charge on any atom is 0.289 e. The molecular weight excluding hydrogens is 434 g/mol. The van der Waals surface area contributed by atoms with Gasteiger partial charge in [-0.3, -0.25) is 14.6 Å². The van der Waals surface area contributed by atoms with Crippen LogP contribution in [-0.4, -0.2) is 77.6 Å². The SMILES string of the molecule is CNC(C=S)C(=O)N1CCN(C(=O)C2=NCCC(c3cccc(Cl)c3)=CN2)C(C)(C)C1. The summed E-state index contributed by atoms with van der Waals surface area (Å²) in [7, 11) is 1.71. The van der Waals surface area contributed by atoms with Crippen molar-refractivity contribution >= 4 is 52.4 Å². The molecule has 9 heteroatoms. The minimum absolute atomic E-state index is 0.0725. The molecule has 31 heavy (non-hydrogen) atoms. The summed E-state index contributed by atoms with van der Waals surface area (Å²) in [5.74, 6) is 0.0780. The number of thiocarbonyl (C=S) groups is 1. The Morgan fingerprint density at radius 3 is 2.77 bits per heavy atom. The van der Waals surface area contributed by atoms with Crippen molar-refractivity contribution in [3.05, 3.63) is 41.1 Å². The Labute approximate surface area is 193 Å². The van der Waals surface area contributed by atoms with E-state index in [9.17, 15) is 9.59 Å². The van der Waals surface area contributed by atoms with Gasteiger partial charge in [0.05, 0.1) is 5.54 Å². The van der Waals surface area contributed by atoms with Gasteiger partial charge in [0.2, 0.25) is 5.91 Å². The third-order valence-corrected chi connectivity index (χ3v) is 6.11. The standard InChI is InChI=1S/C22H28ClN5O2S/c1-22(2)14-27(20(29)18(13-31)24-3)9-10-28(22)21(30)19-25-8-7-16(12-26-19)15-5-4-6-17(23)11-15/h4-6,11-13,18,24H,7-10,14H2,1-3H3,(H,25,26). The summed E-state index contributed by atoms with van der Waals surface area (Å²) in [5.41, 5.74) is 1.51. The van der Waals surface area contributed by atoms with Gasteiger partial charge in [0.1, 0.15) is 6.04 Å². The Hall–Kier alpha value is -2.29. The van der Waals surface area contributed by atoms with Gasteiger partial charge >= 0.3 is 0 Å². The number of halogens is 1. The first-order valence-corrected chi connectivity index (χ1v) is 11.1. The molecule has 1 fully saturated rings. The summed E-state index contributed by atoms with van der Waals surface area (Å²) in [6.45, 7) is 5.73. The van der Waals surface area contributed by atoms with Gasteiger partial charge in [-0.2, -0.15) is 0 Å². The van der Waals surface area contributed by atoms with Crippen LogP contribution in [0.4, 0.5) is 0 Å². The second-order valence-corrected chi connectivity index (χ2v) is 8.94. The van der Waals surface area contributed by atoms with E-state index < -0.39 is 11.6 Å². The zero-order valence-corrected chi connectivity index (χ0v) is 19.6. The minimum atomic E-state index is -0.541. The van der Waals surface area contributed by atoms with Crippen LogP contribution in [0, 0.1) is 0 Å². The second-order valence-electron chi connectivity index (χ2n) is 8.24. The average Bonchev–Trinajstić information content (AvgIpc) is 3.00. The van der Waals surface area contributed by atoms with Gasteiger partial charge in [-0.15, -0.1) is 0 Å². The number of benzene rings is 1. The van der Waals surface area contributed by atoms with Crippen LogP contribution in [0.1, 0.15) is 25.8 Å². The molecule has 0 spiro atoms. The predicted molar refractivity (Wildman–Crippen MR) is 128 cm³/mol. The normalized spacial score (nSPS) is 19.5. The first-order valence-electron chi connectivity index (χ1n) is 10.3. The van der Waals surface area contributed by atoms with Gasteiger partial charge in [0.15, 0.2) is 5.84 Å². The first kappa shape index (κ1) is 23.4. The number of nitrogens with zero attached hydrogens (tertiary/aromatic N) is 3. The zero-order valence-electron chi connectivity index (χ0n) is 18.0. The molecule has 7 nitrogen and oxygen atoms in total. The molecule has 2 heterocycles. The van der Waals surface area contributed by atoms with Crippen LogP contribution in [0.3, 0.4) is 0 Å². The molecule has 166 valence electrons. The quantitative estimate of drug-likeness (QED) is 0.657. The molecule has 1 atom stereocenters. The molecule has 0 aromatic heterocycles. The van der Waals surface area contributed by atoms with Crippen molar-refractivity contribution < 1.29 is 9.59 Å². The number of carbonyl (C=O) groups is 2. The van der Waals surface area contributed by atoms with E-state index in [0.29, 0.717) is 43.5 Å². The van der Waals surface area contributed by atoms with Gasteiger partial charge < -0.3 is 20.4 Å². The highest BCUT2D eigenvalue weighted by Crippen LogP contribution is 2.24. The maximum atomic E-state index is 13.3. The van der Waals surface area contributed by atoms with Crippen molar-refractivity contribution in [2.75, 3.05) is 33.2 Å². The summed E-state index contributed by atoms with van der Waals surface area (Å²) in [5, 5.41) is 8.11. The number of rotatable bonds is 5. The van der Waals surface area contributed by atoms with Crippen molar-refractivity contribution in [1.29, 1.82) is 0 Å². The summed E-state index contributed by atoms with van der Waals surface area (Å²) in [6, 6.07) is 7.13. The van der Waals surface area contributed by atoms with Crippen molar-refractivity contribution in [3.8, 4) is 0 Å². The average molecular weight is 462 g/mol. The highest BCUT2D eigenvalue weighted by molar-refractivity contribution is 7.79. The fraction of sp³-hybridized carbons (Fsp3) is 0.455. The van der Waals surface area contributed by atoms with Crippen molar-refractivity contribution in [1.82, 2.24) is 20.4 Å². The third-order valence-electron chi connectivity index (χ3n) is 5.60. The zero-order chi connectivity index (χ0) is 22.6. The van der Waals surface area contributed by atoms with Crippen molar-refractivity contribution in [3.63, 3.8) is 0 Å². The van der Waals surface area contributed by atoms with Crippen LogP contribution in [0.2, 0.25) is 5.02 Å². The number of hydrogen-bond donors (Lipinski definition) is 2. The maximum absolute atomic E-state index is 13.3. The van der Waals surface area contributed by atoms with E-state index in [1.165, 1.54) is 5.37 Å². The number of piperazine rings is 1. The molecule has 3 rings (SSSR count). The van der Waals surface area contributed by atoms with E-state index in [2.05, 4.69) is 15.6 Å². The van der Waals surface area contributed by atoms with Crippen LogP contribution in [-0.2, 0) is 9.59 Å². The molecule has 2 aliphatic rings. The Kier molecular flexibility index (Phi) is 7.46. The first-order chi connectivity index (χ1) is 14.8. The fourth-order valence-corrected chi connectivity index (χ4v) is 4.34. The van der Waals surface area contributed by atoms with Gasteiger partial charge in [-0.05, 0) is 50.6 Å². The van der Waals surface area contributed by atoms with E-state index in [1.54, 1.807) is 16.8 Å². The Bertz CT molecular complexity index is 930. The lowest BCUT2D eigenvalue weighted by Gasteiger charge is -2.47. The number of carbonyl (C=O) groups excluding carboxylic acids is 2. The number of aliphatic imine (C=N–C) groups is 1. The van der Waals surface area contributed by atoms with E-state index >= 15 is 0 Å². The molecule has 0 aliphatic carbocycles. The third kappa shape index (κ3) is 5.31. The largest absolute Gasteiger partial charge is 0.342 e. The fourth-order valence-electron chi connectivity index (χ4n) is 3.90. The van der Waals surface area contributed by atoms with Crippen LogP contribution >= 0.6 is 23.8 Å². The summed E-state index contributed by atoms with van der Waals surface area (Å²) < 4.78 is 0. The van der Waals surface area contributed by atoms with Gasteiger partial charge in [-0.25, -0.2) is 0 Å². The van der Waals surface area contributed by atoms with E-state index in [1.807, 2.05) is 44.3 Å². The second kappa shape index (κ2) is 9.89. The topological polar surface area (TPSA) is 77.0 Å². The molecule has 0 bridgehead atoms. The number of hydrogen-bond acceptors (Lipinski definition) is 6. The molecule has 1 aromatic carbocycles. The van der Waals surface area contributed by atoms with Crippen LogP contribution in [0.5, 0.6) is 0 Å². The molecule has 1 aromatic rings. The Morgan fingerprint density at radius 2 is 2.13 bits per heavy atom. The highest BCUT2D eigenvalue weighted by atomic mass is 35.5. The van der Waals surface area contributed by atoms with Crippen LogP contribution in [0.25, 0.3) is 5.57 Å². The predicted octanol–water partition coefficient (Wildman–Crippen LogP) is 2.11. The summed E-state index contributed by atoms with van der Waals surface area (Å²) >= 11 is 11.1. The molecule has 0 radical (unpaired) electrons. The van der Waals surface area contributed by atoms with E-state index in [4.69, 9.17) is 23.8 Å². The molecule has 2 aliphatic heterocycles. The minimum Gasteiger partial charge on any atom is -0.342 e. The number of nitrogens with one attached hydrogen (secondary N) is 2. The van der Waals surface area contributed by atoms with Gasteiger partial charge in [0.25, 0.3) is 5.91 Å². The van der Waals surface area contributed by atoms with Gasteiger partial charge in [0, 0.05) is 42.8 Å². The summed E-state index contributed by atoms with van der Waals surface area (Å²) in [4.78, 5) is 34.0. The molecule has 1 unspecified atom stereocenters. The molecule has 2 N–H and O–H groups in total. The molecule has 1 saturated heterocycles. The number of amidine groups is 1.